The van der Waals surface area contributed by atoms with Gasteiger partial charge < -0.3 is 0 Å². The summed E-state index contributed by atoms with van der Waals surface area (Å²) in [6.07, 6.45) is 4.31. The molecule has 0 atom stereocenters. The van der Waals surface area contributed by atoms with Gasteiger partial charge in [-0.15, -0.1) is 0 Å². The third kappa shape index (κ3) is 2.29. The maximum atomic E-state index is 4.30. The van der Waals surface area contributed by atoms with Crippen LogP contribution in [0.1, 0.15) is 11.3 Å². The third-order valence-corrected chi connectivity index (χ3v) is 2.84. The van der Waals surface area contributed by atoms with Crippen molar-refractivity contribution >= 4 is 22.6 Å². The highest BCUT2D eigenvalue weighted by atomic mass is 127. The van der Waals surface area contributed by atoms with Crippen molar-refractivity contribution < 1.29 is 0 Å². The Bertz CT molecular complexity index is 415. The topological polar surface area (TPSA) is 25.8 Å². The second-order valence-electron chi connectivity index (χ2n) is 2.96. The molecule has 1 heterocycles. The fraction of sp³-hybridized carbons (Fsp3) is 0.0909. The summed E-state index contributed by atoms with van der Waals surface area (Å²) in [5.41, 5.74) is 2.31. The van der Waals surface area contributed by atoms with E-state index in [1.54, 1.807) is 12.4 Å². The zero-order chi connectivity index (χ0) is 9.80. The molecule has 2 nitrogen and oxygen atoms in total. The summed E-state index contributed by atoms with van der Waals surface area (Å²) >= 11 is 2.21. The SMILES string of the molecule is Ic1nccnc1Cc1ccccc1. The summed E-state index contributed by atoms with van der Waals surface area (Å²) < 4.78 is 0.981. The summed E-state index contributed by atoms with van der Waals surface area (Å²) in [7, 11) is 0. The third-order valence-electron chi connectivity index (χ3n) is 1.94. The second-order valence-corrected chi connectivity index (χ2v) is 3.98. The minimum atomic E-state index is 0.854. The molecule has 0 aliphatic carbocycles. The number of aromatic nitrogens is 2. The smallest absolute Gasteiger partial charge is 0.123 e. The maximum Gasteiger partial charge on any atom is 0.123 e. The van der Waals surface area contributed by atoms with Gasteiger partial charge in [0.1, 0.15) is 3.70 Å². The van der Waals surface area contributed by atoms with Crippen LogP contribution in [0.4, 0.5) is 0 Å². The molecule has 0 N–H and O–H groups in total. The molecule has 1 aromatic heterocycles. The highest BCUT2D eigenvalue weighted by molar-refractivity contribution is 14.1. The summed E-state index contributed by atoms with van der Waals surface area (Å²) in [6.45, 7) is 0. The monoisotopic (exact) mass is 296 g/mol. The number of hydrogen-bond acceptors (Lipinski definition) is 2. The van der Waals surface area contributed by atoms with Crippen molar-refractivity contribution in [2.24, 2.45) is 0 Å². The molecule has 0 spiro atoms. The van der Waals surface area contributed by atoms with E-state index in [0.717, 1.165) is 15.8 Å². The largest absolute Gasteiger partial charge is 0.257 e. The molecule has 14 heavy (non-hydrogen) atoms. The Morgan fingerprint density at radius 3 is 2.43 bits per heavy atom. The van der Waals surface area contributed by atoms with Gasteiger partial charge in [0.05, 0.1) is 5.69 Å². The van der Waals surface area contributed by atoms with Crippen LogP contribution < -0.4 is 0 Å². The van der Waals surface area contributed by atoms with Crippen LogP contribution in [0.25, 0.3) is 0 Å². The van der Waals surface area contributed by atoms with E-state index < -0.39 is 0 Å². The molecular weight excluding hydrogens is 287 g/mol. The van der Waals surface area contributed by atoms with Crippen molar-refractivity contribution in [3.8, 4) is 0 Å². The van der Waals surface area contributed by atoms with Crippen LogP contribution in [0.5, 0.6) is 0 Å². The Labute approximate surface area is 96.6 Å². The van der Waals surface area contributed by atoms with Crippen LogP contribution in [-0.2, 0) is 6.42 Å². The van der Waals surface area contributed by atoms with Gasteiger partial charge in [0.25, 0.3) is 0 Å². The van der Waals surface area contributed by atoms with E-state index in [-0.39, 0.29) is 0 Å². The van der Waals surface area contributed by atoms with Crippen molar-refractivity contribution in [2.45, 2.75) is 6.42 Å². The fourth-order valence-electron chi connectivity index (χ4n) is 1.26. The minimum absolute atomic E-state index is 0.854. The van der Waals surface area contributed by atoms with E-state index in [1.807, 2.05) is 18.2 Å². The normalized spacial score (nSPS) is 10.1. The van der Waals surface area contributed by atoms with Crippen LogP contribution in [-0.4, -0.2) is 9.97 Å². The molecule has 0 amide bonds. The first-order valence-corrected chi connectivity index (χ1v) is 5.43. The fourth-order valence-corrected chi connectivity index (χ4v) is 1.75. The quantitative estimate of drug-likeness (QED) is 0.796. The van der Waals surface area contributed by atoms with Gasteiger partial charge in [0.2, 0.25) is 0 Å². The standard InChI is InChI=1S/C11H9IN2/c12-11-10(13-6-7-14-11)8-9-4-2-1-3-5-9/h1-7H,8H2. The molecule has 2 aromatic rings. The zero-order valence-electron chi connectivity index (χ0n) is 7.52. The summed E-state index contributed by atoms with van der Waals surface area (Å²) in [4.78, 5) is 8.50. The summed E-state index contributed by atoms with van der Waals surface area (Å²) in [5, 5.41) is 0. The van der Waals surface area contributed by atoms with Gasteiger partial charge in [-0.05, 0) is 28.2 Å². The number of benzene rings is 1. The number of nitrogens with zero attached hydrogens (tertiary/aromatic N) is 2. The van der Waals surface area contributed by atoms with Gasteiger partial charge in [-0.1, -0.05) is 30.3 Å². The van der Waals surface area contributed by atoms with Crippen molar-refractivity contribution in [1.29, 1.82) is 0 Å². The Morgan fingerprint density at radius 1 is 1.00 bits per heavy atom. The van der Waals surface area contributed by atoms with Crippen molar-refractivity contribution in [3.63, 3.8) is 0 Å². The van der Waals surface area contributed by atoms with Gasteiger partial charge in [-0.25, -0.2) is 4.98 Å². The molecule has 3 heteroatoms. The van der Waals surface area contributed by atoms with Gasteiger partial charge in [0.15, 0.2) is 0 Å². The lowest BCUT2D eigenvalue weighted by Crippen LogP contribution is -1.97. The van der Waals surface area contributed by atoms with E-state index in [0.29, 0.717) is 0 Å². The number of halogens is 1. The van der Waals surface area contributed by atoms with Crippen molar-refractivity contribution in [2.75, 3.05) is 0 Å². The molecule has 0 fully saturated rings. The van der Waals surface area contributed by atoms with Crippen molar-refractivity contribution in [1.82, 2.24) is 9.97 Å². The average Bonchev–Trinajstić information content (AvgIpc) is 2.23. The molecule has 0 unspecified atom stereocenters. The van der Waals surface area contributed by atoms with Gasteiger partial charge >= 0.3 is 0 Å². The first kappa shape index (κ1) is 9.58. The second kappa shape index (κ2) is 4.50. The first-order chi connectivity index (χ1) is 6.86. The molecule has 0 aliphatic heterocycles. The minimum Gasteiger partial charge on any atom is -0.257 e. The van der Waals surface area contributed by atoms with Crippen LogP contribution in [0.3, 0.4) is 0 Å². The maximum absolute atomic E-state index is 4.30. The number of rotatable bonds is 2. The Hall–Kier alpha value is -0.970. The Kier molecular flexibility index (Phi) is 3.08. The predicted molar refractivity (Wildman–Crippen MR) is 64.0 cm³/mol. The van der Waals surface area contributed by atoms with Crippen LogP contribution in [0, 0.1) is 3.70 Å². The Balaban J connectivity index is 2.24. The van der Waals surface area contributed by atoms with E-state index in [1.165, 1.54) is 5.56 Å². The number of hydrogen-bond donors (Lipinski definition) is 0. The highest BCUT2D eigenvalue weighted by Crippen LogP contribution is 2.11. The summed E-state index contributed by atoms with van der Waals surface area (Å²) in [5.74, 6) is 0. The molecule has 0 saturated carbocycles. The van der Waals surface area contributed by atoms with Gasteiger partial charge in [0, 0.05) is 18.8 Å². The molecular formula is C11H9IN2. The molecule has 0 aliphatic rings. The van der Waals surface area contributed by atoms with E-state index in [9.17, 15) is 0 Å². The lowest BCUT2D eigenvalue weighted by Gasteiger charge is -2.01. The highest BCUT2D eigenvalue weighted by Gasteiger charge is 2.01. The Morgan fingerprint density at radius 2 is 1.71 bits per heavy atom. The lowest BCUT2D eigenvalue weighted by atomic mass is 10.1. The molecule has 2 rings (SSSR count). The lowest BCUT2D eigenvalue weighted by molar-refractivity contribution is 1.00. The molecule has 0 bridgehead atoms. The summed E-state index contributed by atoms with van der Waals surface area (Å²) in [6, 6.07) is 10.3. The van der Waals surface area contributed by atoms with Crippen LogP contribution in [0.15, 0.2) is 42.7 Å². The first-order valence-electron chi connectivity index (χ1n) is 4.35. The van der Waals surface area contributed by atoms with Gasteiger partial charge in [-0.3, -0.25) is 4.98 Å². The van der Waals surface area contributed by atoms with E-state index in [2.05, 4.69) is 44.7 Å². The van der Waals surface area contributed by atoms with Gasteiger partial charge in [-0.2, -0.15) is 0 Å². The van der Waals surface area contributed by atoms with Crippen molar-refractivity contribution in [3.05, 3.63) is 57.7 Å². The predicted octanol–water partition coefficient (Wildman–Crippen LogP) is 2.67. The molecule has 0 saturated heterocycles. The van der Waals surface area contributed by atoms with Crippen LogP contribution in [0.2, 0.25) is 0 Å². The molecule has 1 aromatic carbocycles. The average molecular weight is 296 g/mol. The van der Waals surface area contributed by atoms with E-state index >= 15 is 0 Å². The van der Waals surface area contributed by atoms with Crippen LogP contribution >= 0.6 is 22.6 Å². The van der Waals surface area contributed by atoms with E-state index in [4.69, 9.17) is 0 Å². The molecule has 70 valence electrons. The zero-order valence-corrected chi connectivity index (χ0v) is 9.68. The molecule has 0 radical (unpaired) electrons.